The number of allylic oxidation sites excluding steroid dienone is 2. The lowest BCUT2D eigenvalue weighted by Crippen LogP contribution is -2.24. The van der Waals surface area contributed by atoms with E-state index in [-0.39, 0.29) is 0 Å². The molecule has 0 rings (SSSR count). The van der Waals surface area contributed by atoms with E-state index >= 15 is 0 Å². The van der Waals surface area contributed by atoms with E-state index in [1.165, 1.54) is 12.8 Å². The van der Waals surface area contributed by atoms with Crippen LogP contribution < -0.4 is 0 Å². The summed E-state index contributed by atoms with van der Waals surface area (Å²) in [6.07, 6.45) is 9.21. The van der Waals surface area contributed by atoms with Crippen LogP contribution in [0.15, 0.2) is 24.2 Å². The summed E-state index contributed by atoms with van der Waals surface area (Å²) in [6, 6.07) is 0. The van der Waals surface area contributed by atoms with Crippen molar-refractivity contribution in [2.75, 3.05) is 7.11 Å². The van der Waals surface area contributed by atoms with Gasteiger partial charge in [-0.3, -0.25) is 0 Å². The third-order valence-corrected chi connectivity index (χ3v) is 2.54. The zero-order valence-electron chi connectivity index (χ0n) is 10.7. The van der Waals surface area contributed by atoms with Gasteiger partial charge in [0.2, 0.25) is 8.32 Å². The van der Waals surface area contributed by atoms with Crippen LogP contribution in [-0.2, 0) is 9.16 Å². The molecule has 0 aromatic carbocycles. The highest BCUT2D eigenvalue weighted by atomic mass is 28.4. The molecule has 2 nitrogen and oxygen atoms in total. The first-order valence-corrected chi connectivity index (χ1v) is 8.99. The molecule has 0 aromatic rings. The van der Waals surface area contributed by atoms with Crippen LogP contribution >= 0.6 is 0 Å². The van der Waals surface area contributed by atoms with E-state index in [2.05, 4.69) is 32.6 Å². The lowest BCUT2D eigenvalue weighted by molar-refractivity contribution is 0.334. The van der Waals surface area contributed by atoms with Gasteiger partial charge in [-0.1, -0.05) is 13.3 Å². The fourth-order valence-electron chi connectivity index (χ4n) is 1.08. The molecule has 0 aromatic heterocycles. The third-order valence-electron chi connectivity index (χ3n) is 1.70. The van der Waals surface area contributed by atoms with Crippen molar-refractivity contribution >= 4 is 8.32 Å². The van der Waals surface area contributed by atoms with Crippen molar-refractivity contribution in [3.8, 4) is 0 Å². The fourth-order valence-corrected chi connectivity index (χ4v) is 1.94. The summed E-state index contributed by atoms with van der Waals surface area (Å²) in [7, 11) is 0.142. The Morgan fingerprint density at radius 2 is 1.93 bits per heavy atom. The first-order chi connectivity index (χ1) is 6.99. The van der Waals surface area contributed by atoms with Gasteiger partial charge in [0.05, 0.1) is 13.4 Å². The molecule has 0 saturated carbocycles. The summed E-state index contributed by atoms with van der Waals surface area (Å²) in [5.41, 5.74) is 0. The monoisotopic (exact) mass is 228 g/mol. The Morgan fingerprint density at radius 3 is 2.40 bits per heavy atom. The van der Waals surface area contributed by atoms with Gasteiger partial charge in [0.25, 0.3) is 0 Å². The minimum atomic E-state index is -1.51. The average Bonchev–Trinajstić information content (AvgIpc) is 2.12. The number of unbranched alkanes of at least 4 members (excludes halogenated alkanes) is 2. The second-order valence-electron chi connectivity index (χ2n) is 4.50. The maximum atomic E-state index is 5.92. The number of hydrogen-bond donors (Lipinski definition) is 0. The molecule has 0 aliphatic heterocycles. The van der Waals surface area contributed by atoms with Crippen LogP contribution in [-0.4, -0.2) is 15.4 Å². The Balaban J connectivity index is 4.30. The predicted molar refractivity (Wildman–Crippen MR) is 68.2 cm³/mol. The zero-order chi connectivity index (χ0) is 11.7. The molecule has 0 bridgehead atoms. The largest absolute Gasteiger partial charge is 0.544 e. The van der Waals surface area contributed by atoms with E-state index in [4.69, 9.17) is 9.16 Å². The Bertz CT molecular complexity index is 214. The highest BCUT2D eigenvalue weighted by Crippen LogP contribution is 2.13. The molecule has 88 valence electrons. The molecule has 0 aliphatic carbocycles. The van der Waals surface area contributed by atoms with Gasteiger partial charge in [0, 0.05) is 6.08 Å². The SMILES string of the molecule is CCCCC=C(C=COC)O[Si](C)(C)C. The summed E-state index contributed by atoms with van der Waals surface area (Å²) in [6.45, 7) is 8.74. The van der Waals surface area contributed by atoms with Gasteiger partial charge in [0.1, 0.15) is 5.76 Å². The smallest absolute Gasteiger partial charge is 0.242 e. The summed E-state index contributed by atoms with van der Waals surface area (Å²) in [5.74, 6) is 0.949. The van der Waals surface area contributed by atoms with Crippen LogP contribution in [0.3, 0.4) is 0 Å². The molecular formula is C12H24O2Si. The summed E-state index contributed by atoms with van der Waals surface area (Å²) < 4.78 is 10.8. The third kappa shape index (κ3) is 9.60. The van der Waals surface area contributed by atoms with Crippen molar-refractivity contribution in [1.29, 1.82) is 0 Å². The van der Waals surface area contributed by atoms with Crippen molar-refractivity contribution in [1.82, 2.24) is 0 Å². The van der Waals surface area contributed by atoms with Gasteiger partial charge in [0.15, 0.2) is 0 Å². The normalized spacial score (nSPS) is 13.3. The van der Waals surface area contributed by atoms with Crippen molar-refractivity contribution in [3.05, 3.63) is 24.2 Å². The topological polar surface area (TPSA) is 18.5 Å². The van der Waals surface area contributed by atoms with E-state index in [1.54, 1.807) is 13.4 Å². The van der Waals surface area contributed by atoms with Gasteiger partial charge in [-0.05, 0) is 38.6 Å². The molecule has 0 heterocycles. The molecule has 0 fully saturated rings. The number of rotatable bonds is 7. The van der Waals surface area contributed by atoms with E-state index in [0.717, 1.165) is 12.2 Å². The van der Waals surface area contributed by atoms with Gasteiger partial charge in [-0.25, -0.2) is 0 Å². The van der Waals surface area contributed by atoms with Crippen LogP contribution in [0.1, 0.15) is 26.2 Å². The maximum absolute atomic E-state index is 5.92. The van der Waals surface area contributed by atoms with Gasteiger partial charge >= 0.3 is 0 Å². The van der Waals surface area contributed by atoms with E-state index in [1.807, 2.05) is 6.08 Å². The van der Waals surface area contributed by atoms with Crippen LogP contribution in [0.4, 0.5) is 0 Å². The van der Waals surface area contributed by atoms with E-state index in [9.17, 15) is 0 Å². The van der Waals surface area contributed by atoms with Crippen molar-refractivity contribution in [2.24, 2.45) is 0 Å². The molecule has 0 amide bonds. The number of hydrogen-bond acceptors (Lipinski definition) is 2. The van der Waals surface area contributed by atoms with Gasteiger partial charge in [-0.15, -0.1) is 0 Å². The molecule has 0 N–H and O–H groups in total. The summed E-state index contributed by atoms with van der Waals surface area (Å²) in [5, 5.41) is 0. The molecule has 0 saturated heterocycles. The molecule has 0 unspecified atom stereocenters. The Morgan fingerprint density at radius 1 is 1.27 bits per heavy atom. The molecule has 0 spiro atoms. The Kier molecular flexibility index (Phi) is 7.22. The summed E-state index contributed by atoms with van der Waals surface area (Å²) in [4.78, 5) is 0. The minimum Gasteiger partial charge on any atom is -0.544 e. The van der Waals surface area contributed by atoms with Crippen LogP contribution in [0, 0.1) is 0 Å². The fraction of sp³-hybridized carbons (Fsp3) is 0.667. The Hall–Kier alpha value is -0.703. The van der Waals surface area contributed by atoms with Crippen molar-refractivity contribution < 1.29 is 9.16 Å². The summed E-state index contributed by atoms with van der Waals surface area (Å²) >= 11 is 0. The zero-order valence-corrected chi connectivity index (χ0v) is 11.7. The lowest BCUT2D eigenvalue weighted by atomic mass is 10.2. The first kappa shape index (κ1) is 14.3. The highest BCUT2D eigenvalue weighted by Gasteiger charge is 2.16. The van der Waals surface area contributed by atoms with Crippen LogP contribution in [0.5, 0.6) is 0 Å². The minimum absolute atomic E-state index is 0.949. The second kappa shape index (κ2) is 7.57. The highest BCUT2D eigenvalue weighted by molar-refractivity contribution is 6.70. The molecular weight excluding hydrogens is 204 g/mol. The molecule has 0 radical (unpaired) electrons. The quantitative estimate of drug-likeness (QED) is 0.283. The van der Waals surface area contributed by atoms with Crippen LogP contribution in [0.25, 0.3) is 0 Å². The van der Waals surface area contributed by atoms with Crippen molar-refractivity contribution in [2.45, 2.75) is 45.8 Å². The second-order valence-corrected chi connectivity index (χ2v) is 8.93. The molecule has 15 heavy (non-hydrogen) atoms. The van der Waals surface area contributed by atoms with Crippen LogP contribution in [0.2, 0.25) is 19.6 Å². The predicted octanol–water partition coefficient (Wildman–Crippen LogP) is 4.07. The van der Waals surface area contributed by atoms with Gasteiger partial charge in [-0.2, -0.15) is 0 Å². The number of ether oxygens (including phenoxy) is 1. The van der Waals surface area contributed by atoms with E-state index < -0.39 is 8.32 Å². The van der Waals surface area contributed by atoms with Crippen molar-refractivity contribution in [3.63, 3.8) is 0 Å². The molecule has 3 heteroatoms. The molecule has 0 aliphatic rings. The Labute approximate surface area is 95.1 Å². The standard InChI is InChI=1S/C12H24O2Si/c1-6-7-8-9-12(10-11-13-2)14-15(3,4)5/h9-11H,6-8H2,1-5H3. The maximum Gasteiger partial charge on any atom is 0.242 e. The average molecular weight is 228 g/mol. The van der Waals surface area contributed by atoms with Gasteiger partial charge < -0.3 is 9.16 Å². The lowest BCUT2D eigenvalue weighted by Gasteiger charge is -2.19. The number of methoxy groups -OCH3 is 1. The molecule has 0 atom stereocenters. The van der Waals surface area contributed by atoms with E-state index in [0.29, 0.717) is 0 Å². The first-order valence-electron chi connectivity index (χ1n) is 5.58.